The zero-order chi connectivity index (χ0) is 7.72. The summed E-state index contributed by atoms with van der Waals surface area (Å²) in [7, 11) is 0. The standard InChI is InChI=1S/C9H17N/c1-5-10-6-7(2)8(3)9(10)4/h5,7-9H,1,6H2,2-4H3. The van der Waals surface area contributed by atoms with Crippen LogP contribution in [-0.4, -0.2) is 17.5 Å². The van der Waals surface area contributed by atoms with Crippen LogP contribution in [0.25, 0.3) is 0 Å². The summed E-state index contributed by atoms with van der Waals surface area (Å²) in [6, 6.07) is 0.687. The van der Waals surface area contributed by atoms with E-state index in [1.54, 1.807) is 0 Å². The van der Waals surface area contributed by atoms with Crippen molar-refractivity contribution in [1.82, 2.24) is 4.90 Å². The number of nitrogens with zero attached hydrogens (tertiary/aromatic N) is 1. The Balaban J connectivity index is 2.61. The monoisotopic (exact) mass is 139 g/mol. The molecule has 10 heavy (non-hydrogen) atoms. The SMILES string of the molecule is C=CN1CC(C)C(C)C1C. The van der Waals surface area contributed by atoms with E-state index < -0.39 is 0 Å². The summed E-state index contributed by atoms with van der Waals surface area (Å²) < 4.78 is 0. The van der Waals surface area contributed by atoms with Crippen molar-refractivity contribution in [3.63, 3.8) is 0 Å². The molecular formula is C9H17N. The van der Waals surface area contributed by atoms with E-state index in [0.717, 1.165) is 11.8 Å². The van der Waals surface area contributed by atoms with Crippen LogP contribution in [0.3, 0.4) is 0 Å². The molecule has 1 fully saturated rings. The molecule has 0 saturated carbocycles. The second-order valence-corrected chi connectivity index (χ2v) is 3.46. The van der Waals surface area contributed by atoms with Crippen LogP contribution >= 0.6 is 0 Å². The van der Waals surface area contributed by atoms with Gasteiger partial charge in [0.05, 0.1) is 0 Å². The van der Waals surface area contributed by atoms with Crippen molar-refractivity contribution in [2.75, 3.05) is 6.54 Å². The maximum atomic E-state index is 3.79. The summed E-state index contributed by atoms with van der Waals surface area (Å²) in [6.45, 7) is 11.9. The minimum atomic E-state index is 0.687. The van der Waals surface area contributed by atoms with Gasteiger partial charge in [-0.25, -0.2) is 0 Å². The van der Waals surface area contributed by atoms with Gasteiger partial charge in [-0.2, -0.15) is 0 Å². The molecule has 0 N–H and O–H groups in total. The Morgan fingerprint density at radius 2 is 2.00 bits per heavy atom. The highest BCUT2D eigenvalue weighted by atomic mass is 15.2. The first kappa shape index (κ1) is 7.64. The Hall–Kier alpha value is -0.460. The molecule has 1 saturated heterocycles. The average Bonchev–Trinajstić information content (AvgIpc) is 2.17. The lowest BCUT2D eigenvalue weighted by Crippen LogP contribution is -2.23. The molecule has 1 rings (SSSR count). The second kappa shape index (κ2) is 2.65. The van der Waals surface area contributed by atoms with Crippen LogP contribution in [0.4, 0.5) is 0 Å². The highest BCUT2D eigenvalue weighted by molar-refractivity contribution is 4.90. The fourth-order valence-corrected chi connectivity index (χ4v) is 1.68. The summed E-state index contributed by atoms with van der Waals surface area (Å²) in [5, 5.41) is 0. The molecular weight excluding hydrogens is 122 g/mol. The third-order valence-corrected chi connectivity index (χ3v) is 2.91. The molecule has 0 spiro atoms. The molecule has 0 aromatic carbocycles. The van der Waals surface area contributed by atoms with Crippen LogP contribution in [0.5, 0.6) is 0 Å². The first-order chi connectivity index (χ1) is 4.66. The van der Waals surface area contributed by atoms with Gasteiger partial charge in [-0.05, 0) is 25.0 Å². The molecule has 0 bridgehead atoms. The predicted molar refractivity (Wildman–Crippen MR) is 44.7 cm³/mol. The average molecular weight is 139 g/mol. The molecule has 0 amide bonds. The van der Waals surface area contributed by atoms with E-state index in [1.165, 1.54) is 6.54 Å². The van der Waals surface area contributed by atoms with E-state index in [-0.39, 0.29) is 0 Å². The molecule has 1 aliphatic heterocycles. The number of hydrogen-bond donors (Lipinski definition) is 0. The molecule has 1 nitrogen and oxygen atoms in total. The van der Waals surface area contributed by atoms with Gasteiger partial charge in [0.25, 0.3) is 0 Å². The van der Waals surface area contributed by atoms with Gasteiger partial charge < -0.3 is 4.90 Å². The van der Waals surface area contributed by atoms with Crippen molar-refractivity contribution in [2.24, 2.45) is 11.8 Å². The molecule has 0 aliphatic carbocycles. The summed E-state index contributed by atoms with van der Waals surface area (Å²) in [5.41, 5.74) is 0. The first-order valence-corrected chi connectivity index (χ1v) is 4.05. The highest BCUT2D eigenvalue weighted by Gasteiger charge is 2.30. The van der Waals surface area contributed by atoms with Crippen LogP contribution < -0.4 is 0 Å². The van der Waals surface area contributed by atoms with Gasteiger partial charge in [0.2, 0.25) is 0 Å². The molecule has 1 aliphatic rings. The van der Waals surface area contributed by atoms with Crippen molar-refractivity contribution in [3.8, 4) is 0 Å². The summed E-state index contributed by atoms with van der Waals surface area (Å²) >= 11 is 0. The van der Waals surface area contributed by atoms with Crippen LogP contribution in [-0.2, 0) is 0 Å². The van der Waals surface area contributed by atoms with E-state index >= 15 is 0 Å². The lowest BCUT2D eigenvalue weighted by atomic mass is 9.95. The van der Waals surface area contributed by atoms with E-state index in [9.17, 15) is 0 Å². The maximum Gasteiger partial charge on any atom is 0.0284 e. The summed E-state index contributed by atoms with van der Waals surface area (Å²) in [6.07, 6.45) is 1.96. The van der Waals surface area contributed by atoms with E-state index in [2.05, 4.69) is 32.3 Å². The highest BCUT2D eigenvalue weighted by Crippen LogP contribution is 2.28. The van der Waals surface area contributed by atoms with Crippen molar-refractivity contribution < 1.29 is 0 Å². The van der Waals surface area contributed by atoms with E-state index in [1.807, 2.05) is 6.20 Å². The first-order valence-electron chi connectivity index (χ1n) is 4.05. The van der Waals surface area contributed by atoms with Crippen LogP contribution in [0.1, 0.15) is 20.8 Å². The van der Waals surface area contributed by atoms with E-state index in [0.29, 0.717) is 6.04 Å². The summed E-state index contributed by atoms with van der Waals surface area (Å²) in [4.78, 5) is 2.33. The van der Waals surface area contributed by atoms with Crippen molar-refractivity contribution >= 4 is 0 Å². The lowest BCUT2D eigenvalue weighted by molar-refractivity contribution is 0.335. The lowest BCUT2D eigenvalue weighted by Gasteiger charge is -2.19. The summed E-state index contributed by atoms with van der Waals surface area (Å²) in [5.74, 6) is 1.64. The Morgan fingerprint density at radius 1 is 1.40 bits per heavy atom. The van der Waals surface area contributed by atoms with Gasteiger partial charge in [-0.15, -0.1) is 0 Å². The molecule has 3 atom stereocenters. The maximum absolute atomic E-state index is 3.79. The smallest absolute Gasteiger partial charge is 0.0284 e. The normalized spacial score (nSPS) is 40.3. The van der Waals surface area contributed by atoms with Crippen LogP contribution in [0.15, 0.2) is 12.8 Å². The molecule has 0 aromatic rings. The third kappa shape index (κ3) is 1.05. The predicted octanol–water partition coefficient (Wildman–Crippen LogP) is 2.11. The largest absolute Gasteiger partial charge is 0.375 e. The van der Waals surface area contributed by atoms with Gasteiger partial charge in [0.15, 0.2) is 0 Å². The Morgan fingerprint density at radius 3 is 2.20 bits per heavy atom. The zero-order valence-electron chi connectivity index (χ0n) is 7.17. The molecule has 0 aromatic heterocycles. The molecule has 58 valence electrons. The Labute approximate surface area is 63.7 Å². The van der Waals surface area contributed by atoms with Gasteiger partial charge in [0, 0.05) is 12.6 Å². The second-order valence-electron chi connectivity index (χ2n) is 3.46. The molecule has 1 heteroatoms. The number of rotatable bonds is 1. The van der Waals surface area contributed by atoms with Gasteiger partial charge in [0.1, 0.15) is 0 Å². The quantitative estimate of drug-likeness (QED) is 0.538. The minimum Gasteiger partial charge on any atom is -0.375 e. The Kier molecular flexibility index (Phi) is 2.02. The third-order valence-electron chi connectivity index (χ3n) is 2.91. The van der Waals surface area contributed by atoms with E-state index in [4.69, 9.17) is 0 Å². The molecule has 0 radical (unpaired) electrons. The molecule has 1 heterocycles. The molecule has 3 unspecified atom stereocenters. The van der Waals surface area contributed by atoms with Crippen LogP contribution in [0.2, 0.25) is 0 Å². The fraction of sp³-hybridized carbons (Fsp3) is 0.778. The van der Waals surface area contributed by atoms with Crippen molar-refractivity contribution in [1.29, 1.82) is 0 Å². The zero-order valence-corrected chi connectivity index (χ0v) is 7.17. The fourth-order valence-electron chi connectivity index (χ4n) is 1.68. The van der Waals surface area contributed by atoms with Crippen LogP contribution in [0, 0.1) is 11.8 Å². The van der Waals surface area contributed by atoms with Gasteiger partial charge in [-0.3, -0.25) is 0 Å². The van der Waals surface area contributed by atoms with Crippen molar-refractivity contribution in [3.05, 3.63) is 12.8 Å². The topological polar surface area (TPSA) is 3.24 Å². The minimum absolute atomic E-state index is 0.687. The van der Waals surface area contributed by atoms with Gasteiger partial charge >= 0.3 is 0 Å². The Bertz CT molecular complexity index is 131. The van der Waals surface area contributed by atoms with Crippen molar-refractivity contribution in [2.45, 2.75) is 26.8 Å². The number of likely N-dealkylation sites (tertiary alicyclic amines) is 1. The van der Waals surface area contributed by atoms with Gasteiger partial charge in [-0.1, -0.05) is 20.4 Å². The number of hydrogen-bond acceptors (Lipinski definition) is 1.